The van der Waals surface area contributed by atoms with Gasteiger partial charge in [0.05, 0.1) is 21.9 Å². The summed E-state index contributed by atoms with van der Waals surface area (Å²) in [4.78, 5) is 16.8. The van der Waals surface area contributed by atoms with Gasteiger partial charge in [-0.15, -0.1) is 0 Å². The summed E-state index contributed by atoms with van der Waals surface area (Å²) < 4.78 is 5.47. The van der Waals surface area contributed by atoms with Crippen molar-refractivity contribution < 1.29 is 19.5 Å². The molecule has 0 aliphatic carbocycles. The van der Waals surface area contributed by atoms with E-state index in [9.17, 15) is 9.90 Å². The predicted molar refractivity (Wildman–Crippen MR) is 111 cm³/mol. The second-order valence-corrected chi connectivity index (χ2v) is 7.43. The molecular formula is C21H23Cl2NO4. The molecule has 150 valence electrons. The first-order valence-corrected chi connectivity index (χ1v) is 9.60. The van der Waals surface area contributed by atoms with Gasteiger partial charge in [0.15, 0.2) is 6.10 Å². The number of carbonyl (C=O) groups is 1. The second-order valence-electron chi connectivity index (χ2n) is 6.61. The lowest BCUT2D eigenvalue weighted by Crippen LogP contribution is -2.29. The molecule has 0 fully saturated rings. The van der Waals surface area contributed by atoms with Crippen molar-refractivity contribution in [2.45, 2.75) is 46.0 Å². The van der Waals surface area contributed by atoms with Gasteiger partial charge in [0.25, 0.3) is 0 Å². The van der Waals surface area contributed by atoms with E-state index in [1.54, 1.807) is 12.1 Å². The van der Waals surface area contributed by atoms with E-state index in [-0.39, 0.29) is 19.1 Å². The van der Waals surface area contributed by atoms with Crippen LogP contribution in [-0.2, 0) is 27.4 Å². The van der Waals surface area contributed by atoms with E-state index in [0.29, 0.717) is 15.8 Å². The normalized spacial score (nSPS) is 12.9. The standard InChI is InChI=1S/C21H23Cl2NO4/c1-13(2)28-20(21(25)26)11-15-5-4-6-17(9-15)14(3)24-27-12-16-7-8-18(22)19(23)10-16/h4-10,13,20H,11-12H2,1-3H3,(H,25,26)/b24-14+. The van der Waals surface area contributed by atoms with Gasteiger partial charge in [-0.1, -0.05) is 52.6 Å². The number of rotatable bonds is 9. The number of aliphatic carboxylic acids is 1. The number of benzene rings is 2. The zero-order chi connectivity index (χ0) is 20.7. The Labute approximate surface area is 174 Å². The molecule has 0 saturated carbocycles. The lowest BCUT2D eigenvalue weighted by atomic mass is 10.0. The molecule has 2 aromatic rings. The average Bonchev–Trinajstić information content (AvgIpc) is 2.64. The molecule has 0 radical (unpaired) electrons. The summed E-state index contributed by atoms with van der Waals surface area (Å²) in [6.45, 7) is 5.72. The van der Waals surface area contributed by atoms with E-state index in [2.05, 4.69) is 5.16 Å². The Bertz CT molecular complexity index is 852. The van der Waals surface area contributed by atoms with Crippen LogP contribution in [0.3, 0.4) is 0 Å². The highest BCUT2D eigenvalue weighted by Crippen LogP contribution is 2.23. The minimum Gasteiger partial charge on any atom is -0.479 e. The van der Waals surface area contributed by atoms with Crippen LogP contribution in [0.2, 0.25) is 10.0 Å². The number of carboxylic acid groups (broad SMARTS) is 1. The van der Waals surface area contributed by atoms with E-state index in [0.717, 1.165) is 16.7 Å². The second kappa shape index (κ2) is 10.5. The SMILES string of the molecule is C/C(=N\OCc1ccc(Cl)c(Cl)c1)c1cccc(CC(OC(C)C)C(=O)O)c1. The monoisotopic (exact) mass is 423 g/mol. The first-order chi connectivity index (χ1) is 13.3. The molecule has 0 bridgehead atoms. The lowest BCUT2D eigenvalue weighted by Gasteiger charge is -2.16. The highest BCUT2D eigenvalue weighted by Gasteiger charge is 2.20. The summed E-state index contributed by atoms with van der Waals surface area (Å²) in [5, 5.41) is 14.4. The molecule has 28 heavy (non-hydrogen) atoms. The summed E-state index contributed by atoms with van der Waals surface area (Å²) in [5.41, 5.74) is 3.23. The number of carboxylic acids is 1. The van der Waals surface area contributed by atoms with E-state index in [1.807, 2.05) is 51.1 Å². The van der Waals surface area contributed by atoms with Crippen LogP contribution < -0.4 is 0 Å². The summed E-state index contributed by atoms with van der Waals surface area (Å²) in [7, 11) is 0. The lowest BCUT2D eigenvalue weighted by molar-refractivity contribution is -0.153. The minimum absolute atomic E-state index is 0.164. The van der Waals surface area contributed by atoms with Crippen LogP contribution >= 0.6 is 23.2 Å². The molecule has 2 rings (SSSR count). The number of hydrogen-bond acceptors (Lipinski definition) is 4. The van der Waals surface area contributed by atoms with Crippen molar-refractivity contribution in [1.82, 2.24) is 0 Å². The molecule has 1 atom stereocenters. The van der Waals surface area contributed by atoms with Gasteiger partial charge in [-0.05, 0) is 55.7 Å². The number of ether oxygens (including phenoxy) is 1. The molecule has 5 nitrogen and oxygen atoms in total. The van der Waals surface area contributed by atoms with Crippen LogP contribution in [0.25, 0.3) is 0 Å². The molecule has 7 heteroatoms. The van der Waals surface area contributed by atoms with Gasteiger partial charge in [-0.2, -0.15) is 0 Å². The van der Waals surface area contributed by atoms with Gasteiger partial charge >= 0.3 is 5.97 Å². The van der Waals surface area contributed by atoms with Crippen molar-refractivity contribution >= 4 is 34.9 Å². The van der Waals surface area contributed by atoms with Crippen molar-refractivity contribution in [3.63, 3.8) is 0 Å². The molecule has 0 amide bonds. The van der Waals surface area contributed by atoms with Crippen molar-refractivity contribution in [3.8, 4) is 0 Å². The zero-order valence-electron chi connectivity index (χ0n) is 16.0. The molecule has 2 aromatic carbocycles. The van der Waals surface area contributed by atoms with E-state index < -0.39 is 12.1 Å². The predicted octanol–water partition coefficient (Wildman–Crippen LogP) is 5.35. The third kappa shape index (κ3) is 6.82. The maximum Gasteiger partial charge on any atom is 0.333 e. The number of hydrogen-bond donors (Lipinski definition) is 1. The Kier molecular flexibility index (Phi) is 8.30. The molecular weight excluding hydrogens is 401 g/mol. The van der Waals surface area contributed by atoms with Crippen molar-refractivity contribution in [3.05, 3.63) is 69.2 Å². The first kappa shape index (κ1) is 22.2. The third-order valence-electron chi connectivity index (χ3n) is 3.89. The van der Waals surface area contributed by atoms with Gasteiger partial charge in [-0.25, -0.2) is 4.79 Å². The van der Waals surface area contributed by atoms with E-state index in [1.165, 1.54) is 0 Å². The van der Waals surface area contributed by atoms with Crippen LogP contribution in [0.4, 0.5) is 0 Å². The molecule has 0 heterocycles. The van der Waals surface area contributed by atoms with Gasteiger partial charge in [0.2, 0.25) is 0 Å². The minimum atomic E-state index is -0.977. The Balaban J connectivity index is 2.03. The van der Waals surface area contributed by atoms with Crippen molar-refractivity contribution in [2.24, 2.45) is 5.16 Å². The number of oxime groups is 1. The van der Waals surface area contributed by atoms with Crippen LogP contribution in [0.1, 0.15) is 37.5 Å². The van der Waals surface area contributed by atoms with Crippen LogP contribution in [0, 0.1) is 0 Å². The molecule has 0 saturated heterocycles. The Morgan fingerprint density at radius 2 is 1.86 bits per heavy atom. The average molecular weight is 424 g/mol. The maximum atomic E-state index is 11.4. The maximum absolute atomic E-state index is 11.4. The van der Waals surface area contributed by atoms with E-state index >= 15 is 0 Å². The van der Waals surface area contributed by atoms with Gasteiger partial charge in [0, 0.05) is 6.42 Å². The van der Waals surface area contributed by atoms with Crippen LogP contribution in [-0.4, -0.2) is 29.0 Å². The van der Waals surface area contributed by atoms with E-state index in [4.69, 9.17) is 32.8 Å². The van der Waals surface area contributed by atoms with Gasteiger partial charge < -0.3 is 14.7 Å². The summed E-state index contributed by atoms with van der Waals surface area (Å²) >= 11 is 11.9. The Morgan fingerprint density at radius 1 is 1.11 bits per heavy atom. The van der Waals surface area contributed by atoms with Gasteiger partial charge in [-0.3, -0.25) is 0 Å². The molecule has 0 spiro atoms. The fourth-order valence-electron chi connectivity index (χ4n) is 2.55. The fourth-order valence-corrected chi connectivity index (χ4v) is 2.87. The summed E-state index contributed by atoms with van der Waals surface area (Å²) in [6, 6.07) is 12.8. The first-order valence-electron chi connectivity index (χ1n) is 8.84. The zero-order valence-corrected chi connectivity index (χ0v) is 17.5. The third-order valence-corrected chi connectivity index (χ3v) is 4.63. The number of halogens is 2. The molecule has 0 aliphatic rings. The fraction of sp³-hybridized carbons (Fsp3) is 0.333. The largest absolute Gasteiger partial charge is 0.479 e. The summed E-state index contributed by atoms with van der Waals surface area (Å²) in [5.74, 6) is -0.977. The highest BCUT2D eigenvalue weighted by molar-refractivity contribution is 6.42. The number of nitrogens with zero attached hydrogens (tertiary/aromatic N) is 1. The topological polar surface area (TPSA) is 68.1 Å². The Hall–Kier alpha value is -2.08. The van der Waals surface area contributed by atoms with Crippen LogP contribution in [0.5, 0.6) is 0 Å². The Morgan fingerprint density at radius 3 is 2.50 bits per heavy atom. The molecule has 0 aliphatic heterocycles. The molecule has 0 aromatic heterocycles. The quantitative estimate of drug-likeness (QED) is 0.435. The van der Waals surface area contributed by atoms with Crippen molar-refractivity contribution in [1.29, 1.82) is 0 Å². The smallest absolute Gasteiger partial charge is 0.333 e. The van der Waals surface area contributed by atoms with Gasteiger partial charge in [0.1, 0.15) is 6.61 Å². The van der Waals surface area contributed by atoms with Crippen molar-refractivity contribution in [2.75, 3.05) is 0 Å². The summed E-state index contributed by atoms with van der Waals surface area (Å²) in [6.07, 6.45) is -0.778. The molecule has 1 N–H and O–H groups in total. The highest BCUT2D eigenvalue weighted by atomic mass is 35.5. The molecule has 1 unspecified atom stereocenters. The van der Waals surface area contributed by atoms with Crippen LogP contribution in [0.15, 0.2) is 47.6 Å².